The zero-order valence-corrected chi connectivity index (χ0v) is 10.1. The van der Waals surface area contributed by atoms with E-state index in [1.165, 1.54) is 18.3 Å². The van der Waals surface area contributed by atoms with Gasteiger partial charge in [-0.05, 0) is 24.3 Å². The smallest absolute Gasteiger partial charge is 0.201 e. The predicted molar refractivity (Wildman–Crippen MR) is 61.5 cm³/mol. The summed E-state index contributed by atoms with van der Waals surface area (Å²) >= 11 is 5.67. The van der Waals surface area contributed by atoms with Crippen LogP contribution < -0.4 is 0 Å². The molecule has 0 atom stereocenters. The van der Waals surface area contributed by atoms with Crippen molar-refractivity contribution in [1.82, 2.24) is 4.90 Å². The van der Waals surface area contributed by atoms with Crippen molar-refractivity contribution in [2.24, 2.45) is 0 Å². The first-order valence-electron chi connectivity index (χ1n) is 4.27. The fourth-order valence-electron chi connectivity index (χ4n) is 0.905. The van der Waals surface area contributed by atoms with Crippen LogP contribution in [-0.4, -0.2) is 27.4 Å². The van der Waals surface area contributed by atoms with E-state index in [1.807, 2.05) is 0 Å². The molecule has 1 aromatic carbocycles. The van der Waals surface area contributed by atoms with Crippen molar-refractivity contribution in [3.63, 3.8) is 0 Å². The van der Waals surface area contributed by atoms with E-state index in [-0.39, 0.29) is 4.90 Å². The highest BCUT2D eigenvalue weighted by Crippen LogP contribution is 2.15. The molecule has 1 aromatic rings. The van der Waals surface area contributed by atoms with Crippen LogP contribution in [-0.2, 0) is 9.84 Å². The first kappa shape index (κ1) is 12.1. The quantitative estimate of drug-likeness (QED) is 0.819. The third-order valence-electron chi connectivity index (χ3n) is 1.68. The van der Waals surface area contributed by atoms with E-state index in [4.69, 9.17) is 11.6 Å². The number of nitrogens with zero attached hydrogens (tertiary/aromatic N) is 1. The fraction of sp³-hybridized carbons (Fsp3) is 0.200. The van der Waals surface area contributed by atoms with Crippen molar-refractivity contribution < 1.29 is 8.42 Å². The summed E-state index contributed by atoms with van der Waals surface area (Å²) < 4.78 is 23.4. The van der Waals surface area contributed by atoms with E-state index in [2.05, 4.69) is 0 Å². The number of halogens is 1. The summed E-state index contributed by atoms with van der Waals surface area (Å²) in [6, 6.07) is 6.07. The molecule has 0 saturated heterocycles. The number of benzene rings is 1. The number of hydrogen-bond donors (Lipinski definition) is 0. The summed E-state index contributed by atoms with van der Waals surface area (Å²) in [5.41, 5.74) is 0. The van der Waals surface area contributed by atoms with Crippen LogP contribution >= 0.6 is 11.6 Å². The minimum absolute atomic E-state index is 0.241. The molecule has 15 heavy (non-hydrogen) atoms. The number of sulfone groups is 1. The van der Waals surface area contributed by atoms with Crippen molar-refractivity contribution in [2.45, 2.75) is 4.90 Å². The molecule has 82 valence electrons. The molecule has 1 rings (SSSR count). The van der Waals surface area contributed by atoms with Gasteiger partial charge in [0.1, 0.15) is 0 Å². The molecule has 0 aliphatic carbocycles. The van der Waals surface area contributed by atoms with Crippen LogP contribution in [0.5, 0.6) is 0 Å². The number of hydrogen-bond acceptors (Lipinski definition) is 3. The van der Waals surface area contributed by atoms with Crippen molar-refractivity contribution in [1.29, 1.82) is 0 Å². The Bertz CT molecular complexity index is 449. The first-order chi connectivity index (χ1) is 6.92. The molecular weight excluding hydrogens is 234 g/mol. The lowest BCUT2D eigenvalue weighted by atomic mass is 10.4. The summed E-state index contributed by atoms with van der Waals surface area (Å²) in [4.78, 5) is 1.90. The average Bonchev–Trinajstić information content (AvgIpc) is 2.16. The van der Waals surface area contributed by atoms with Gasteiger partial charge in [0.2, 0.25) is 9.84 Å². The van der Waals surface area contributed by atoms with Crippen molar-refractivity contribution in [3.05, 3.63) is 40.9 Å². The van der Waals surface area contributed by atoms with Crippen molar-refractivity contribution in [2.75, 3.05) is 14.1 Å². The summed E-state index contributed by atoms with van der Waals surface area (Å²) in [5.74, 6) is 0. The lowest BCUT2D eigenvalue weighted by Gasteiger charge is -2.04. The zero-order chi connectivity index (χ0) is 11.5. The minimum Gasteiger partial charge on any atom is -0.383 e. The molecule has 0 spiro atoms. The molecule has 0 aromatic heterocycles. The summed E-state index contributed by atoms with van der Waals surface area (Å²) in [7, 11) is 0.163. The van der Waals surface area contributed by atoms with Crippen LogP contribution in [0.15, 0.2) is 40.8 Å². The van der Waals surface area contributed by atoms with E-state index >= 15 is 0 Å². The largest absolute Gasteiger partial charge is 0.383 e. The Labute approximate surface area is 94.9 Å². The lowest BCUT2D eigenvalue weighted by molar-refractivity contribution is 0.562. The van der Waals surface area contributed by atoms with Crippen molar-refractivity contribution >= 4 is 21.4 Å². The Kier molecular flexibility index (Phi) is 3.77. The molecule has 0 aliphatic rings. The van der Waals surface area contributed by atoms with Gasteiger partial charge in [-0.3, -0.25) is 0 Å². The second-order valence-corrected chi connectivity index (χ2v) is 5.52. The SMILES string of the molecule is CN(C)C=CS(=O)(=O)c1ccc(Cl)cc1. The van der Waals surface area contributed by atoms with Gasteiger partial charge in [0.25, 0.3) is 0 Å². The van der Waals surface area contributed by atoms with Gasteiger partial charge in [-0.1, -0.05) is 11.6 Å². The Morgan fingerprint density at radius 1 is 1.20 bits per heavy atom. The van der Waals surface area contributed by atoms with Gasteiger partial charge in [0.15, 0.2) is 0 Å². The zero-order valence-electron chi connectivity index (χ0n) is 8.51. The second kappa shape index (κ2) is 4.68. The Morgan fingerprint density at radius 3 is 2.20 bits per heavy atom. The van der Waals surface area contributed by atoms with Gasteiger partial charge in [-0.25, -0.2) is 8.42 Å². The van der Waals surface area contributed by atoms with Crippen LogP contribution in [0.3, 0.4) is 0 Å². The van der Waals surface area contributed by atoms with E-state index in [1.54, 1.807) is 31.1 Å². The van der Waals surface area contributed by atoms with E-state index in [9.17, 15) is 8.42 Å². The van der Waals surface area contributed by atoms with Crippen LogP contribution in [0, 0.1) is 0 Å². The molecule has 0 N–H and O–H groups in total. The monoisotopic (exact) mass is 245 g/mol. The molecule has 0 fully saturated rings. The van der Waals surface area contributed by atoms with Crippen LogP contribution in [0.2, 0.25) is 5.02 Å². The molecule has 5 heteroatoms. The molecule has 0 heterocycles. The third-order valence-corrected chi connectivity index (χ3v) is 3.34. The molecule has 0 saturated carbocycles. The number of rotatable bonds is 3. The molecular formula is C10H12ClNO2S. The summed E-state index contributed by atoms with van der Waals surface area (Å²) in [6.45, 7) is 0. The average molecular weight is 246 g/mol. The second-order valence-electron chi connectivity index (χ2n) is 3.25. The van der Waals surface area contributed by atoms with E-state index in [0.717, 1.165) is 5.41 Å². The fourth-order valence-corrected chi connectivity index (χ4v) is 2.11. The third kappa shape index (κ3) is 3.57. The van der Waals surface area contributed by atoms with Crippen LogP contribution in [0.25, 0.3) is 0 Å². The Morgan fingerprint density at radius 2 is 1.73 bits per heavy atom. The van der Waals surface area contributed by atoms with Crippen molar-refractivity contribution in [3.8, 4) is 0 Å². The van der Waals surface area contributed by atoms with Gasteiger partial charge < -0.3 is 4.90 Å². The van der Waals surface area contributed by atoms with Gasteiger partial charge in [0, 0.05) is 25.3 Å². The van der Waals surface area contributed by atoms with E-state index < -0.39 is 9.84 Å². The molecule has 0 unspecified atom stereocenters. The molecule has 3 nitrogen and oxygen atoms in total. The van der Waals surface area contributed by atoms with Gasteiger partial charge in [-0.15, -0.1) is 0 Å². The highest BCUT2D eigenvalue weighted by molar-refractivity contribution is 7.94. The summed E-state index contributed by atoms with van der Waals surface area (Å²) in [5, 5.41) is 1.68. The maximum absolute atomic E-state index is 11.7. The standard InChI is InChI=1S/C10H12ClNO2S/c1-12(2)7-8-15(13,14)10-5-3-9(11)4-6-10/h3-8H,1-2H3. The lowest BCUT2D eigenvalue weighted by Crippen LogP contribution is -2.03. The molecule has 0 radical (unpaired) electrons. The maximum Gasteiger partial charge on any atom is 0.201 e. The first-order valence-corrected chi connectivity index (χ1v) is 6.19. The topological polar surface area (TPSA) is 37.4 Å². The van der Waals surface area contributed by atoms with Gasteiger partial charge >= 0.3 is 0 Å². The highest BCUT2D eigenvalue weighted by Gasteiger charge is 2.09. The van der Waals surface area contributed by atoms with Gasteiger partial charge in [-0.2, -0.15) is 0 Å². The molecule has 0 amide bonds. The Balaban J connectivity index is 3.02. The normalized spacial score (nSPS) is 11.9. The van der Waals surface area contributed by atoms with Gasteiger partial charge in [0.05, 0.1) is 10.3 Å². The van der Waals surface area contributed by atoms with Crippen LogP contribution in [0.4, 0.5) is 0 Å². The summed E-state index contributed by atoms with van der Waals surface area (Å²) in [6.07, 6.45) is 1.49. The van der Waals surface area contributed by atoms with E-state index in [0.29, 0.717) is 5.02 Å². The highest BCUT2D eigenvalue weighted by atomic mass is 35.5. The molecule has 0 bridgehead atoms. The predicted octanol–water partition coefficient (Wildman–Crippen LogP) is 2.15. The molecule has 0 aliphatic heterocycles. The maximum atomic E-state index is 11.7. The minimum atomic E-state index is -3.35. The van der Waals surface area contributed by atoms with Crippen LogP contribution in [0.1, 0.15) is 0 Å². The Hall–Kier alpha value is -1.00.